The zero-order valence-electron chi connectivity index (χ0n) is 11.6. The summed E-state index contributed by atoms with van der Waals surface area (Å²) in [6.45, 7) is 3.62. The van der Waals surface area contributed by atoms with Crippen LogP contribution in [0.25, 0.3) is 0 Å². The van der Waals surface area contributed by atoms with Gasteiger partial charge in [-0.25, -0.2) is 0 Å². The molecule has 0 atom stereocenters. The van der Waals surface area contributed by atoms with Crippen LogP contribution in [0.5, 0.6) is 17.2 Å². The van der Waals surface area contributed by atoms with E-state index in [9.17, 15) is 10.1 Å². The Kier molecular flexibility index (Phi) is 4.80. The summed E-state index contributed by atoms with van der Waals surface area (Å²) in [4.78, 5) is 10.5. The van der Waals surface area contributed by atoms with Crippen molar-refractivity contribution < 1.29 is 14.4 Å². The second-order valence-electron chi connectivity index (χ2n) is 4.59. The van der Waals surface area contributed by atoms with Gasteiger partial charge in [-0.3, -0.25) is 10.1 Å². The Bertz CT molecular complexity index is 658. The van der Waals surface area contributed by atoms with Gasteiger partial charge < -0.3 is 9.47 Å². The molecule has 6 heteroatoms. The lowest BCUT2D eigenvalue weighted by Crippen LogP contribution is -2.07. The molecule has 0 bridgehead atoms. The Morgan fingerprint density at radius 1 is 1.14 bits per heavy atom. The number of rotatable bonds is 5. The largest absolute Gasteiger partial charge is 0.484 e. The van der Waals surface area contributed by atoms with Crippen molar-refractivity contribution in [3.63, 3.8) is 0 Å². The molecular weight excluding hydrogens is 338 g/mol. The number of ether oxygens (including phenoxy) is 2. The van der Waals surface area contributed by atoms with E-state index in [1.807, 2.05) is 32.0 Å². The highest BCUT2D eigenvalue weighted by atomic mass is 79.9. The first-order valence-corrected chi connectivity index (χ1v) is 7.14. The van der Waals surface area contributed by atoms with Crippen LogP contribution < -0.4 is 9.47 Å². The summed E-state index contributed by atoms with van der Waals surface area (Å²) < 4.78 is 12.0. The quantitative estimate of drug-likeness (QED) is 0.565. The predicted molar refractivity (Wildman–Crippen MR) is 83.1 cm³/mol. The molecule has 2 rings (SSSR count). The van der Waals surface area contributed by atoms with Crippen molar-refractivity contribution in [2.24, 2.45) is 0 Å². The first-order valence-electron chi connectivity index (χ1n) is 6.35. The Morgan fingerprint density at radius 2 is 1.86 bits per heavy atom. The molecule has 0 saturated carbocycles. The van der Waals surface area contributed by atoms with Gasteiger partial charge in [0, 0.05) is 12.1 Å². The summed E-state index contributed by atoms with van der Waals surface area (Å²) in [5.41, 5.74) is -0.0804. The van der Waals surface area contributed by atoms with Gasteiger partial charge in [0.15, 0.2) is 0 Å². The van der Waals surface area contributed by atoms with Crippen molar-refractivity contribution in [1.29, 1.82) is 0 Å². The molecule has 0 aromatic heterocycles. The molecule has 0 heterocycles. The zero-order chi connectivity index (χ0) is 15.4. The smallest absolute Gasteiger partial charge is 0.311 e. The fourth-order valence-electron chi connectivity index (χ4n) is 1.71. The SMILES string of the molecule is CC(C)Oc1cc(Oc2ccccc2Br)ccc1[N+](=O)[O-]. The molecule has 0 aliphatic heterocycles. The van der Waals surface area contributed by atoms with Crippen molar-refractivity contribution in [1.82, 2.24) is 0 Å². The normalized spacial score (nSPS) is 10.5. The van der Waals surface area contributed by atoms with Crippen molar-refractivity contribution in [2.75, 3.05) is 0 Å². The Morgan fingerprint density at radius 3 is 2.48 bits per heavy atom. The van der Waals surface area contributed by atoms with E-state index in [1.54, 1.807) is 12.1 Å². The number of hydrogen-bond donors (Lipinski definition) is 0. The van der Waals surface area contributed by atoms with Crippen LogP contribution in [0.4, 0.5) is 5.69 Å². The maximum absolute atomic E-state index is 11.0. The van der Waals surface area contributed by atoms with Gasteiger partial charge in [-0.15, -0.1) is 0 Å². The molecule has 2 aromatic carbocycles. The molecule has 0 unspecified atom stereocenters. The van der Waals surface area contributed by atoms with E-state index >= 15 is 0 Å². The van der Waals surface area contributed by atoms with Crippen LogP contribution in [0.3, 0.4) is 0 Å². The third-order valence-electron chi connectivity index (χ3n) is 2.56. The lowest BCUT2D eigenvalue weighted by Gasteiger charge is -2.12. The highest BCUT2D eigenvalue weighted by Gasteiger charge is 2.17. The van der Waals surface area contributed by atoms with Crippen LogP contribution in [-0.2, 0) is 0 Å². The molecule has 0 aliphatic carbocycles. The molecule has 0 saturated heterocycles. The number of nitrogens with zero attached hydrogens (tertiary/aromatic N) is 1. The van der Waals surface area contributed by atoms with Gasteiger partial charge in [0.05, 0.1) is 15.5 Å². The van der Waals surface area contributed by atoms with E-state index in [0.29, 0.717) is 11.5 Å². The summed E-state index contributed by atoms with van der Waals surface area (Å²) in [6.07, 6.45) is -0.164. The van der Waals surface area contributed by atoms with Gasteiger partial charge in [-0.05, 0) is 48.0 Å². The fraction of sp³-hybridized carbons (Fsp3) is 0.200. The minimum absolute atomic E-state index is 0.0804. The molecule has 0 radical (unpaired) electrons. The summed E-state index contributed by atoms with van der Waals surface area (Å²) >= 11 is 3.39. The van der Waals surface area contributed by atoms with Crippen molar-refractivity contribution in [3.8, 4) is 17.2 Å². The molecule has 21 heavy (non-hydrogen) atoms. The molecule has 0 amide bonds. The van der Waals surface area contributed by atoms with Crippen LogP contribution in [0.15, 0.2) is 46.9 Å². The van der Waals surface area contributed by atoms with Crippen LogP contribution in [0.1, 0.15) is 13.8 Å². The van der Waals surface area contributed by atoms with E-state index in [0.717, 1.165) is 4.47 Å². The Labute approximate surface area is 130 Å². The third kappa shape index (κ3) is 3.95. The number of para-hydroxylation sites is 1. The number of benzene rings is 2. The molecule has 0 fully saturated rings. The highest BCUT2D eigenvalue weighted by molar-refractivity contribution is 9.10. The average molecular weight is 352 g/mol. The number of halogens is 1. The standard InChI is InChI=1S/C15H14BrNO4/c1-10(2)20-15-9-11(7-8-13(15)17(18)19)21-14-6-4-3-5-12(14)16/h3-10H,1-2H3. The first kappa shape index (κ1) is 15.3. The molecule has 0 spiro atoms. The topological polar surface area (TPSA) is 61.6 Å². The fourth-order valence-corrected chi connectivity index (χ4v) is 2.08. The van der Waals surface area contributed by atoms with Gasteiger partial charge in [0.2, 0.25) is 5.75 Å². The van der Waals surface area contributed by atoms with Crippen molar-refractivity contribution in [2.45, 2.75) is 20.0 Å². The number of nitro groups is 1. The molecular formula is C15H14BrNO4. The summed E-state index contributed by atoms with van der Waals surface area (Å²) in [6, 6.07) is 11.8. The maximum Gasteiger partial charge on any atom is 0.311 e. The van der Waals surface area contributed by atoms with E-state index in [2.05, 4.69) is 15.9 Å². The summed E-state index contributed by atoms with van der Waals surface area (Å²) in [7, 11) is 0. The zero-order valence-corrected chi connectivity index (χ0v) is 13.2. The van der Waals surface area contributed by atoms with Crippen LogP contribution in [-0.4, -0.2) is 11.0 Å². The highest BCUT2D eigenvalue weighted by Crippen LogP contribution is 2.35. The molecule has 0 N–H and O–H groups in total. The number of hydrogen-bond acceptors (Lipinski definition) is 4. The molecule has 5 nitrogen and oxygen atoms in total. The Balaban J connectivity index is 2.33. The average Bonchev–Trinajstić information content (AvgIpc) is 2.40. The van der Waals surface area contributed by atoms with Gasteiger partial charge in [0.1, 0.15) is 11.5 Å². The first-order chi connectivity index (χ1) is 9.97. The van der Waals surface area contributed by atoms with E-state index in [-0.39, 0.29) is 17.5 Å². The van der Waals surface area contributed by atoms with E-state index < -0.39 is 4.92 Å². The number of nitro benzene ring substituents is 1. The van der Waals surface area contributed by atoms with Gasteiger partial charge >= 0.3 is 5.69 Å². The Hall–Kier alpha value is -2.08. The van der Waals surface area contributed by atoms with Gasteiger partial charge in [0.25, 0.3) is 0 Å². The minimum Gasteiger partial charge on any atom is -0.484 e. The van der Waals surface area contributed by atoms with E-state index in [4.69, 9.17) is 9.47 Å². The van der Waals surface area contributed by atoms with E-state index in [1.165, 1.54) is 12.1 Å². The monoisotopic (exact) mass is 351 g/mol. The molecule has 0 aliphatic rings. The second-order valence-corrected chi connectivity index (χ2v) is 5.44. The van der Waals surface area contributed by atoms with Crippen LogP contribution in [0, 0.1) is 10.1 Å². The van der Waals surface area contributed by atoms with Crippen LogP contribution >= 0.6 is 15.9 Å². The lowest BCUT2D eigenvalue weighted by molar-refractivity contribution is -0.386. The van der Waals surface area contributed by atoms with Crippen molar-refractivity contribution in [3.05, 3.63) is 57.1 Å². The predicted octanol–water partition coefficient (Wildman–Crippen LogP) is 4.94. The van der Waals surface area contributed by atoms with Crippen molar-refractivity contribution >= 4 is 21.6 Å². The second kappa shape index (κ2) is 6.58. The van der Waals surface area contributed by atoms with Crippen LogP contribution in [0.2, 0.25) is 0 Å². The van der Waals surface area contributed by atoms with Gasteiger partial charge in [-0.1, -0.05) is 12.1 Å². The summed E-state index contributed by atoms with van der Waals surface area (Å²) in [5.74, 6) is 1.30. The molecule has 110 valence electrons. The minimum atomic E-state index is -0.472. The molecule has 2 aromatic rings. The lowest BCUT2D eigenvalue weighted by atomic mass is 10.2. The van der Waals surface area contributed by atoms with Gasteiger partial charge in [-0.2, -0.15) is 0 Å². The third-order valence-corrected chi connectivity index (χ3v) is 3.21. The summed E-state index contributed by atoms with van der Waals surface area (Å²) in [5, 5.41) is 11.0. The maximum atomic E-state index is 11.0.